The molecular weight excluding hydrogens is 464 g/mol. The Balaban J connectivity index is 1.41. The van der Waals surface area contributed by atoms with Crippen molar-refractivity contribution in [3.8, 4) is 11.5 Å². The van der Waals surface area contributed by atoms with Gasteiger partial charge in [0.1, 0.15) is 11.5 Å². The lowest BCUT2D eigenvalue weighted by atomic mass is 9.92. The highest BCUT2D eigenvalue weighted by Crippen LogP contribution is 2.32. The van der Waals surface area contributed by atoms with E-state index in [0.717, 1.165) is 24.9 Å². The predicted octanol–water partition coefficient (Wildman–Crippen LogP) is 4.36. The second-order valence-electron chi connectivity index (χ2n) is 8.07. The Bertz CT molecular complexity index is 1290. The van der Waals surface area contributed by atoms with Gasteiger partial charge >= 0.3 is 12.4 Å². The second kappa shape index (κ2) is 8.06. The van der Waals surface area contributed by atoms with Crippen molar-refractivity contribution in [1.29, 1.82) is 0 Å². The van der Waals surface area contributed by atoms with Gasteiger partial charge in [0.05, 0.1) is 24.5 Å². The Hall–Kier alpha value is -3.51. The molecule has 1 unspecified atom stereocenters. The van der Waals surface area contributed by atoms with Gasteiger partial charge in [-0.15, -0.1) is 0 Å². The number of nitrogens with zero attached hydrogens (tertiary/aromatic N) is 7. The molecule has 5 heterocycles. The number of allylic oxidation sites excluding steroid dienone is 1. The zero-order valence-corrected chi connectivity index (χ0v) is 17.5. The number of rotatable bonds is 3. The molecule has 1 fully saturated rings. The lowest BCUT2D eigenvalue weighted by Gasteiger charge is -2.33. The van der Waals surface area contributed by atoms with Gasteiger partial charge in [0.15, 0.2) is 17.2 Å². The third kappa shape index (κ3) is 4.21. The fourth-order valence-corrected chi connectivity index (χ4v) is 4.14. The third-order valence-corrected chi connectivity index (χ3v) is 5.84. The van der Waals surface area contributed by atoms with Crippen molar-refractivity contribution < 1.29 is 26.3 Å². The molecule has 0 N–H and O–H groups in total. The monoisotopic (exact) mass is 481 g/mol. The van der Waals surface area contributed by atoms with Gasteiger partial charge in [0, 0.05) is 37.1 Å². The van der Waals surface area contributed by atoms with Gasteiger partial charge in [0.25, 0.3) is 0 Å². The Morgan fingerprint density at radius 3 is 2.53 bits per heavy atom. The van der Waals surface area contributed by atoms with E-state index in [1.54, 1.807) is 6.07 Å². The summed E-state index contributed by atoms with van der Waals surface area (Å²) in [4.78, 5) is 22.2. The summed E-state index contributed by atoms with van der Waals surface area (Å²) < 4.78 is 79.5. The van der Waals surface area contributed by atoms with Crippen molar-refractivity contribution in [3.63, 3.8) is 0 Å². The molecule has 0 bridgehead atoms. The second-order valence-corrected chi connectivity index (χ2v) is 8.07. The lowest BCUT2D eigenvalue weighted by Crippen LogP contribution is -2.38. The van der Waals surface area contributed by atoms with Crippen LogP contribution in [-0.4, -0.2) is 55.9 Å². The Morgan fingerprint density at radius 1 is 0.971 bits per heavy atom. The predicted molar refractivity (Wildman–Crippen MR) is 110 cm³/mol. The highest BCUT2D eigenvalue weighted by atomic mass is 19.4. The maximum absolute atomic E-state index is 13.1. The van der Waals surface area contributed by atoms with Crippen LogP contribution in [0.3, 0.4) is 0 Å². The van der Waals surface area contributed by atoms with E-state index in [2.05, 4.69) is 24.9 Å². The van der Waals surface area contributed by atoms with E-state index < -0.39 is 23.6 Å². The largest absolute Gasteiger partial charge is 0.434 e. The number of fused-ring (bicyclic) bond motifs is 1. The number of hydrogen-bond donors (Lipinski definition) is 0. The van der Waals surface area contributed by atoms with E-state index in [0.29, 0.717) is 31.0 Å². The summed E-state index contributed by atoms with van der Waals surface area (Å²) >= 11 is 0. The van der Waals surface area contributed by atoms with Crippen LogP contribution >= 0.6 is 0 Å². The SMILES string of the molecule is FC(F)(F)C1=CC(C2CCCN(c3ccnc(-c4cnc5cnc(C(F)(F)F)cn45)n3)C2)=NC1. The topological polar surface area (TPSA) is 71.6 Å². The molecule has 2 aliphatic heterocycles. The van der Waals surface area contributed by atoms with E-state index in [1.807, 2.05) is 4.90 Å². The maximum Gasteiger partial charge on any atom is 0.434 e. The van der Waals surface area contributed by atoms with Crippen LogP contribution in [0.2, 0.25) is 0 Å². The fourth-order valence-electron chi connectivity index (χ4n) is 4.14. The average molecular weight is 481 g/mol. The van der Waals surface area contributed by atoms with Gasteiger partial charge in [-0.25, -0.2) is 19.9 Å². The van der Waals surface area contributed by atoms with Gasteiger partial charge in [-0.3, -0.25) is 9.39 Å². The van der Waals surface area contributed by atoms with E-state index in [-0.39, 0.29) is 29.6 Å². The van der Waals surface area contributed by atoms with Crippen LogP contribution in [0.1, 0.15) is 18.5 Å². The third-order valence-electron chi connectivity index (χ3n) is 5.84. The molecule has 0 aliphatic carbocycles. The number of halogens is 6. The Morgan fingerprint density at radius 2 is 1.79 bits per heavy atom. The van der Waals surface area contributed by atoms with Crippen LogP contribution in [0.15, 0.2) is 47.5 Å². The summed E-state index contributed by atoms with van der Waals surface area (Å²) in [5, 5.41) is 0. The summed E-state index contributed by atoms with van der Waals surface area (Å²) in [6, 6.07) is 1.66. The first-order chi connectivity index (χ1) is 16.1. The van der Waals surface area contributed by atoms with Crippen LogP contribution in [0.4, 0.5) is 32.2 Å². The minimum atomic E-state index is -4.62. The maximum atomic E-state index is 13.1. The highest BCUT2D eigenvalue weighted by molar-refractivity contribution is 6.00. The molecule has 3 aromatic rings. The quantitative estimate of drug-likeness (QED) is 0.520. The number of aromatic nitrogens is 5. The van der Waals surface area contributed by atoms with Crippen molar-refractivity contribution in [1.82, 2.24) is 24.3 Å². The van der Waals surface area contributed by atoms with Crippen LogP contribution in [0.5, 0.6) is 0 Å². The molecule has 0 aromatic carbocycles. The van der Waals surface area contributed by atoms with Crippen LogP contribution in [0.25, 0.3) is 17.2 Å². The van der Waals surface area contributed by atoms with E-state index in [1.165, 1.54) is 16.8 Å². The Kier molecular flexibility index (Phi) is 5.29. The van der Waals surface area contributed by atoms with E-state index in [9.17, 15) is 26.3 Å². The molecule has 7 nitrogen and oxygen atoms in total. The molecule has 13 heteroatoms. The van der Waals surface area contributed by atoms with E-state index in [4.69, 9.17) is 0 Å². The van der Waals surface area contributed by atoms with Gasteiger partial charge in [-0.2, -0.15) is 26.3 Å². The molecule has 34 heavy (non-hydrogen) atoms. The molecule has 3 aromatic heterocycles. The molecule has 0 amide bonds. The summed E-state index contributed by atoms with van der Waals surface area (Å²) in [5.74, 6) is 0.514. The first kappa shape index (κ1) is 22.3. The molecular formula is C21H17F6N7. The first-order valence-electron chi connectivity index (χ1n) is 10.4. The molecule has 2 aliphatic rings. The van der Waals surface area contributed by atoms with Gasteiger partial charge in [0.2, 0.25) is 0 Å². The van der Waals surface area contributed by atoms with Crippen LogP contribution in [0, 0.1) is 5.92 Å². The van der Waals surface area contributed by atoms with Crippen LogP contribution < -0.4 is 4.90 Å². The standard InChI is InChI=1S/C21H17F6N7/c22-20(23,24)13-6-14(29-7-13)12-2-1-5-33(10-12)17-3-4-28-19(32-17)15-8-31-18-9-30-16(11-34(15)18)21(25,26)27/h3-4,6,8-9,11-12H,1-2,5,7,10H2. The molecule has 5 rings (SSSR count). The fraction of sp³-hybridized carbons (Fsp3) is 0.381. The van der Waals surface area contributed by atoms with Gasteiger partial charge in [-0.05, 0) is 25.0 Å². The molecule has 1 saturated heterocycles. The number of aliphatic imine (C=N–C) groups is 1. The summed E-state index contributed by atoms with van der Waals surface area (Å²) in [5.41, 5.74) is -0.819. The molecule has 1 atom stereocenters. The average Bonchev–Trinajstić information content (AvgIpc) is 3.46. The summed E-state index contributed by atoms with van der Waals surface area (Å²) in [7, 11) is 0. The Labute approximate surface area is 188 Å². The number of hydrogen-bond acceptors (Lipinski definition) is 6. The van der Waals surface area contributed by atoms with Crippen molar-refractivity contribution >= 4 is 17.2 Å². The van der Waals surface area contributed by atoms with Crippen LogP contribution in [-0.2, 0) is 6.18 Å². The first-order valence-corrected chi connectivity index (χ1v) is 10.4. The van der Waals surface area contributed by atoms with Gasteiger partial charge < -0.3 is 4.90 Å². The highest BCUT2D eigenvalue weighted by Gasteiger charge is 2.37. The number of alkyl halides is 6. The minimum Gasteiger partial charge on any atom is -0.356 e. The lowest BCUT2D eigenvalue weighted by molar-refractivity contribution is -0.141. The zero-order valence-electron chi connectivity index (χ0n) is 17.5. The molecule has 0 spiro atoms. The van der Waals surface area contributed by atoms with E-state index >= 15 is 0 Å². The van der Waals surface area contributed by atoms with Crippen molar-refractivity contribution in [2.24, 2.45) is 10.9 Å². The number of imidazole rings is 1. The van der Waals surface area contributed by atoms with Gasteiger partial charge in [-0.1, -0.05) is 0 Å². The zero-order chi connectivity index (χ0) is 24.1. The molecule has 178 valence electrons. The number of anilines is 1. The van der Waals surface area contributed by atoms with Crippen molar-refractivity contribution in [3.05, 3.63) is 48.2 Å². The summed E-state index contributed by atoms with van der Waals surface area (Å²) in [6.07, 6.45) is -1.73. The number of piperidine rings is 1. The summed E-state index contributed by atoms with van der Waals surface area (Å²) in [6.45, 7) is 0.688. The molecule has 0 radical (unpaired) electrons. The van der Waals surface area contributed by atoms with Crippen molar-refractivity contribution in [2.45, 2.75) is 25.2 Å². The molecule has 0 saturated carbocycles. The normalized spacial score (nSPS) is 19.5. The smallest absolute Gasteiger partial charge is 0.356 e. The van der Waals surface area contributed by atoms with Crippen molar-refractivity contribution in [2.75, 3.05) is 24.5 Å². The minimum absolute atomic E-state index is 0.170.